The van der Waals surface area contributed by atoms with Crippen molar-refractivity contribution in [3.8, 4) is 11.6 Å². The Kier molecular flexibility index (Phi) is 4.19. The first kappa shape index (κ1) is 15.0. The normalized spacial score (nSPS) is 11.5. The van der Waals surface area contributed by atoms with Gasteiger partial charge in [-0.3, -0.25) is 0 Å². The van der Waals surface area contributed by atoms with Gasteiger partial charge in [-0.05, 0) is 52.9 Å². The Morgan fingerprint density at radius 3 is 2.45 bits per heavy atom. The van der Waals surface area contributed by atoms with Crippen LogP contribution in [-0.4, -0.2) is 4.98 Å². The maximum atomic E-state index is 6.04. The van der Waals surface area contributed by atoms with Crippen molar-refractivity contribution in [2.45, 2.75) is 40.0 Å². The van der Waals surface area contributed by atoms with E-state index in [1.807, 2.05) is 19.1 Å². The number of rotatable bonds is 2. The van der Waals surface area contributed by atoms with Crippen LogP contribution in [0.2, 0.25) is 0 Å². The summed E-state index contributed by atoms with van der Waals surface area (Å²) >= 11 is 3.54. The summed E-state index contributed by atoms with van der Waals surface area (Å²) in [6.07, 6.45) is 1.76. The van der Waals surface area contributed by atoms with Crippen molar-refractivity contribution in [3.63, 3.8) is 0 Å². The monoisotopic (exact) mass is 333 g/mol. The number of hydrogen-bond acceptors (Lipinski definition) is 2. The second-order valence-electron chi connectivity index (χ2n) is 6.10. The highest BCUT2D eigenvalue weighted by Crippen LogP contribution is 2.36. The molecule has 3 heteroatoms. The molecule has 2 rings (SSSR count). The zero-order valence-corrected chi connectivity index (χ0v) is 14.2. The van der Waals surface area contributed by atoms with E-state index in [1.54, 1.807) is 6.20 Å². The molecule has 0 fully saturated rings. The molecule has 2 aromatic rings. The van der Waals surface area contributed by atoms with Gasteiger partial charge in [-0.1, -0.05) is 38.5 Å². The van der Waals surface area contributed by atoms with Crippen molar-refractivity contribution in [3.05, 3.63) is 51.6 Å². The first-order valence-corrected chi connectivity index (χ1v) is 7.48. The summed E-state index contributed by atoms with van der Waals surface area (Å²) in [5.41, 5.74) is 3.56. The van der Waals surface area contributed by atoms with Crippen molar-refractivity contribution in [1.82, 2.24) is 4.98 Å². The fourth-order valence-electron chi connectivity index (χ4n) is 2.01. The summed E-state index contributed by atoms with van der Waals surface area (Å²) in [5.74, 6) is 1.47. The molecule has 0 bridgehead atoms. The molecule has 1 heterocycles. The lowest BCUT2D eigenvalue weighted by Crippen LogP contribution is -2.13. The minimum Gasteiger partial charge on any atom is -0.438 e. The second-order valence-corrected chi connectivity index (χ2v) is 6.89. The number of hydrogen-bond donors (Lipinski definition) is 0. The molecule has 1 aromatic carbocycles. The van der Waals surface area contributed by atoms with E-state index < -0.39 is 0 Å². The van der Waals surface area contributed by atoms with E-state index in [4.69, 9.17) is 4.74 Å². The third-order valence-corrected chi connectivity index (χ3v) is 4.16. The van der Waals surface area contributed by atoms with Crippen molar-refractivity contribution < 1.29 is 4.74 Å². The van der Waals surface area contributed by atoms with Crippen LogP contribution in [0.15, 0.2) is 34.9 Å². The molecule has 0 N–H and O–H groups in total. The molecule has 0 saturated heterocycles. The highest BCUT2D eigenvalue weighted by Gasteiger charge is 2.20. The smallest absolute Gasteiger partial charge is 0.233 e. The number of ether oxygens (including phenoxy) is 1. The first-order chi connectivity index (χ1) is 9.29. The zero-order chi connectivity index (χ0) is 14.9. The fourth-order valence-corrected chi connectivity index (χ4v) is 2.32. The molecule has 0 aliphatic heterocycles. The predicted molar refractivity (Wildman–Crippen MR) is 86.6 cm³/mol. The van der Waals surface area contributed by atoms with E-state index in [9.17, 15) is 0 Å². The number of halogens is 1. The van der Waals surface area contributed by atoms with E-state index in [0.29, 0.717) is 5.88 Å². The first-order valence-electron chi connectivity index (χ1n) is 6.69. The number of pyridine rings is 1. The molecule has 2 nitrogen and oxygen atoms in total. The van der Waals surface area contributed by atoms with Gasteiger partial charge in [0.25, 0.3) is 0 Å². The summed E-state index contributed by atoms with van der Waals surface area (Å²) in [7, 11) is 0. The van der Waals surface area contributed by atoms with Crippen LogP contribution in [-0.2, 0) is 5.41 Å². The molecule has 0 amide bonds. The summed E-state index contributed by atoms with van der Waals surface area (Å²) in [6.45, 7) is 10.7. The Bertz CT molecular complexity index is 629. The van der Waals surface area contributed by atoms with Crippen molar-refractivity contribution in [1.29, 1.82) is 0 Å². The Morgan fingerprint density at radius 2 is 1.80 bits per heavy atom. The quantitative estimate of drug-likeness (QED) is 0.718. The Morgan fingerprint density at radius 1 is 1.10 bits per heavy atom. The summed E-state index contributed by atoms with van der Waals surface area (Å²) in [6, 6.07) is 8.22. The number of benzene rings is 1. The topological polar surface area (TPSA) is 22.1 Å². The highest BCUT2D eigenvalue weighted by atomic mass is 79.9. The SMILES string of the molecule is Cc1ccc(Oc2nccc(C)c2Br)c(C(C)(C)C)c1. The number of nitrogens with zero attached hydrogens (tertiary/aromatic N) is 1. The largest absolute Gasteiger partial charge is 0.438 e. The molecule has 0 aliphatic rings. The summed E-state index contributed by atoms with van der Waals surface area (Å²) < 4.78 is 6.95. The highest BCUT2D eigenvalue weighted by molar-refractivity contribution is 9.10. The Balaban J connectivity index is 2.46. The molecule has 0 saturated carbocycles. The Labute approximate surface area is 129 Å². The van der Waals surface area contributed by atoms with Crippen LogP contribution in [0, 0.1) is 13.8 Å². The lowest BCUT2D eigenvalue weighted by molar-refractivity contribution is 0.436. The third-order valence-electron chi connectivity index (χ3n) is 3.20. The fraction of sp³-hybridized carbons (Fsp3) is 0.353. The van der Waals surface area contributed by atoms with Gasteiger partial charge < -0.3 is 4.74 Å². The van der Waals surface area contributed by atoms with E-state index in [2.05, 4.69) is 60.7 Å². The Hall–Kier alpha value is -1.35. The van der Waals surface area contributed by atoms with Crippen LogP contribution in [0.3, 0.4) is 0 Å². The third kappa shape index (κ3) is 3.21. The van der Waals surface area contributed by atoms with Gasteiger partial charge in [0, 0.05) is 11.8 Å². The minimum atomic E-state index is 0.0255. The molecular formula is C17H20BrNO. The van der Waals surface area contributed by atoms with E-state index in [0.717, 1.165) is 15.8 Å². The van der Waals surface area contributed by atoms with E-state index in [1.165, 1.54) is 11.1 Å². The number of aryl methyl sites for hydroxylation is 2. The van der Waals surface area contributed by atoms with E-state index >= 15 is 0 Å². The maximum Gasteiger partial charge on any atom is 0.233 e. The van der Waals surface area contributed by atoms with Gasteiger partial charge in [-0.25, -0.2) is 4.98 Å². The molecule has 1 aromatic heterocycles. The van der Waals surface area contributed by atoms with Gasteiger partial charge in [0.05, 0.1) is 4.47 Å². The van der Waals surface area contributed by atoms with Crippen molar-refractivity contribution in [2.75, 3.05) is 0 Å². The molecule has 0 atom stereocenters. The number of aromatic nitrogens is 1. The summed E-state index contributed by atoms with van der Waals surface area (Å²) in [4.78, 5) is 4.31. The predicted octanol–water partition coefficient (Wildman–Crippen LogP) is 5.55. The molecule has 0 radical (unpaired) electrons. The van der Waals surface area contributed by atoms with Gasteiger partial charge in [0.1, 0.15) is 5.75 Å². The molecule has 0 unspecified atom stereocenters. The van der Waals surface area contributed by atoms with E-state index in [-0.39, 0.29) is 5.41 Å². The maximum absolute atomic E-state index is 6.04. The average molecular weight is 334 g/mol. The van der Waals surface area contributed by atoms with Gasteiger partial charge in [-0.2, -0.15) is 0 Å². The average Bonchev–Trinajstić information content (AvgIpc) is 2.36. The van der Waals surface area contributed by atoms with Crippen LogP contribution >= 0.6 is 15.9 Å². The van der Waals surface area contributed by atoms with Gasteiger partial charge in [0.2, 0.25) is 5.88 Å². The molecule has 106 valence electrons. The molecular weight excluding hydrogens is 314 g/mol. The van der Waals surface area contributed by atoms with Crippen LogP contribution < -0.4 is 4.74 Å². The standard InChI is InChI=1S/C17H20BrNO/c1-11-6-7-14(13(10-11)17(3,4)5)20-16-15(18)12(2)8-9-19-16/h6-10H,1-5H3. The van der Waals surface area contributed by atoms with Crippen LogP contribution in [0.25, 0.3) is 0 Å². The van der Waals surface area contributed by atoms with Crippen molar-refractivity contribution in [2.24, 2.45) is 0 Å². The van der Waals surface area contributed by atoms with Crippen LogP contribution in [0.5, 0.6) is 11.6 Å². The lowest BCUT2D eigenvalue weighted by atomic mass is 9.85. The molecule has 0 aliphatic carbocycles. The van der Waals surface area contributed by atoms with Crippen molar-refractivity contribution >= 4 is 15.9 Å². The second kappa shape index (κ2) is 5.57. The lowest BCUT2D eigenvalue weighted by Gasteiger charge is -2.23. The van der Waals surface area contributed by atoms with Gasteiger partial charge in [0.15, 0.2) is 0 Å². The van der Waals surface area contributed by atoms with Crippen LogP contribution in [0.4, 0.5) is 0 Å². The van der Waals surface area contributed by atoms with Gasteiger partial charge >= 0.3 is 0 Å². The van der Waals surface area contributed by atoms with Crippen LogP contribution in [0.1, 0.15) is 37.5 Å². The minimum absolute atomic E-state index is 0.0255. The van der Waals surface area contributed by atoms with Gasteiger partial charge in [-0.15, -0.1) is 0 Å². The molecule has 0 spiro atoms. The molecule has 20 heavy (non-hydrogen) atoms. The zero-order valence-electron chi connectivity index (χ0n) is 12.6. The summed E-state index contributed by atoms with van der Waals surface area (Å²) in [5, 5.41) is 0.